The summed E-state index contributed by atoms with van der Waals surface area (Å²) in [6.07, 6.45) is 0. The molecule has 0 heterocycles. The summed E-state index contributed by atoms with van der Waals surface area (Å²) in [4.78, 5) is 12.5. The topological polar surface area (TPSA) is 75.3 Å². The normalized spacial score (nSPS) is 12.0. The Hall–Kier alpha value is -1.60. The third kappa shape index (κ3) is 5.45. The third-order valence-electron chi connectivity index (χ3n) is 3.32. The van der Waals surface area contributed by atoms with Gasteiger partial charge in [0.05, 0.1) is 15.5 Å². The number of benzene rings is 2. The molecule has 8 heteroatoms. The smallest absolute Gasteiger partial charge is 0.253 e. The van der Waals surface area contributed by atoms with Crippen LogP contribution in [0.3, 0.4) is 0 Å². The van der Waals surface area contributed by atoms with E-state index in [1.807, 2.05) is 0 Å². The van der Waals surface area contributed by atoms with Crippen molar-refractivity contribution >= 4 is 39.1 Å². The van der Waals surface area contributed by atoms with E-state index in [0.717, 1.165) is 0 Å². The molecule has 0 fully saturated rings. The molecule has 26 heavy (non-hydrogen) atoms. The first kappa shape index (κ1) is 20.7. The van der Waals surface area contributed by atoms with E-state index in [4.69, 9.17) is 23.2 Å². The van der Waals surface area contributed by atoms with E-state index in [9.17, 15) is 13.2 Å². The highest BCUT2D eigenvalue weighted by atomic mass is 35.5. The quantitative estimate of drug-likeness (QED) is 0.775. The van der Waals surface area contributed by atoms with E-state index in [1.54, 1.807) is 45.0 Å². The molecule has 1 amide bonds. The standard InChI is InChI=1S/C18H20Cl2N2O3S/c1-18(2,3)22-26(24,25)16-7-5-4-6-12(16)11-21-17(23)14-9-8-13(19)10-15(14)20/h4-10,22H,11H2,1-3H3,(H,21,23). The Balaban J connectivity index is 2.22. The van der Waals surface area contributed by atoms with Crippen molar-refractivity contribution in [2.45, 2.75) is 37.8 Å². The van der Waals surface area contributed by atoms with Gasteiger partial charge in [-0.3, -0.25) is 4.79 Å². The van der Waals surface area contributed by atoms with Crippen LogP contribution in [0.15, 0.2) is 47.4 Å². The number of hydrogen-bond acceptors (Lipinski definition) is 3. The van der Waals surface area contributed by atoms with E-state index in [1.165, 1.54) is 18.2 Å². The summed E-state index contributed by atoms with van der Waals surface area (Å²) in [6.45, 7) is 5.32. The van der Waals surface area contributed by atoms with Gasteiger partial charge in [-0.25, -0.2) is 13.1 Å². The van der Waals surface area contributed by atoms with Gasteiger partial charge in [-0.1, -0.05) is 41.4 Å². The van der Waals surface area contributed by atoms with Crippen LogP contribution in [0, 0.1) is 0 Å². The first-order valence-electron chi connectivity index (χ1n) is 7.85. The molecule has 0 aliphatic rings. The largest absolute Gasteiger partial charge is 0.348 e. The maximum absolute atomic E-state index is 12.6. The highest BCUT2D eigenvalue weighted by Gasteiger charge is 2.24. The lowest BCUT2D eigenvalue weighted by atomic mass is 10.1. The molecule has 140 valence electrons. The molecule has 5 nitrogen and oxygen atoms in total. The maximum Gasteiger partial charge on any atom is 0.253 e. The molecule has 0 saturated heterocycles. The number of carbonyl (C=O) groups is 1. The third-order valence-corrected chi connectivity index (χ3v) is 5.72. The van der Waals surface area contributed by atoms with Crippen molar-refractivity contribution in [2.75, 3.05) is 0 Å². The number of carbonyl (C=O) groups excluding carboxylic acids is 1. The van der Waals surface area contributed by atoms with Crippen LogP contribution in [0.2, 0.25) is 10.0 Å². The van der Waals surface area contributed by atoms with E-state index in [-0.39, 0.29) is 22.0 Å². The number of rotatable bonds is 5. The molecule has 0 aliphatic carbocycles. The van der Waals surface area contributed by atoms with Crippen LogP contribution in [-0.2, 0) is 16.6 Å². The van der Waals surface area contributed by atoms with E-state index in [0.29, 0.717) is 10.6 Å². The predicted octanol–water partition coefficient (Wildman–Crippen LogP) is 4.00. The molecule has 2 aromatic rings. The van der Waals surface area contributed by atoms with Gasteiger partial charge in [0.1, 0.15) is 0 Å². The van der Waals surface area contributed by atoms with Crippen LogP contribution in [0.5, 0.6) is 0 Å². The first-order chi connectivity index (χ1) is 12.0. The number of halogens is 2. The van der Waals surface area contributed by atoms with Crippen LogP contribution < -0.4 is 10.0 Å². The first-order valence-corrected chi connectivity index (χ1v) is 10.1. The summed E-state index contributed by atoms with van der Waals surface area (Å²) < 4.78 is 27.8. The lowest BCUT2D eigenvalue weighted by molar-refractivity contribution is 0.0950. The summed E-state index contributed by atoms with van der Waals surface area (Å²) >= 11 is 11.9. The van der Waals surface area contributed by atoms with Gasteiger partial charge in [0.25, 0.3) is 5.91 Å². The molecule has 0 radical (unpaired) electrons. The molecule has 0 atom stereocenters. The fourth-order valence-corrected chi connectivity index (χ4v) is 4.47. The summed E-state index contributed by atoms with van der Waals surface area (Å²) in [6, 6.07) is 11.1. The molecule has 0 spiro atoms. The van der Waals surface area contributed by atoms with Crippen LogP contribution in [-0.4, -0.2) is 19.9 Å². The highest BCUT2D eigenvalue weighted by molar-refractivity contribution is 7.89. The summed E-state index contributed by atoms with van der Waals surface area (Å²) in [5.41, 5.74) is 0.123. The van der Waals surface area contributed by atoms with E-state index < -0.39 is 21.5 Å². The molecule has 0 unspecified atom stereocenters. The van der Waals surface area contributed by atoms with Gasteiger partial charge in [-0.05, 0) is 50.6 Å². The highest BCUT2D eigenvalue weighted by Crippen LogP contribution is 2.22. The number of hydrogen-bond donors (Lipinski definition) is 2. The minimum Gasteiger partial charge on any atom is -0.348 e. The maximum atomic E-state index is 12.6. The van der Waals surface area contributed by atoms with Crippen LogP contribution in [0.25, 0.3) is 0 Å². The van der Waals surface area contributed by atoms with Crippen molar-refractivity contribution in [1.29, 1.82) is 0 Å². The van der Waals surface area contributed by atoms with Gasteiger partial charge in [0.2, 0.25) is 10.0 Å². The Morgan fingerprint density at radius 3 is 2.35 bits per heavy atom. The Kier molecular flexibility index (Phi) is 6.34. The average molecular weight is 415 g/mol. The molecule has 2 aromatic carbocycles. The van der Waals surface area contributed by atoms with Crippen molar-refractivity contribution in [1.82, 2.24) is 10.0 Å². The van der Waals surface area contributed by atoms with Crippen molar-refractivity contribution in [3.05, 3.63) is 63.6 Å². The second kappa shape index (κ2) is 7.96. The monoisotopic (exact) mass is 414 g/mol. The molecule has 2 N–H and O–H groups in total. The predicted molar refractivity (Wildman–Crippen MR) is 104 cm³/mol. The van der Waals surface area contributed by atoms with E-state index >= 15 is 0 Å². The van der Waals surface area contributed by atoms with Crippen LogP contribution in [0.1, 0.15) is 36.7 Å². The fourth-order valence-electron chi connectivity index (χ4n) is 2.31. The summed E-state index contributed by atoms with van der Waals surface area (Å²) in [7, 11) is -3.72. The number of sulfonamides is 1. The number of amides is 1. The lowest BCUT2D eigenvalue weighted by Crippen LogP contribution is -2.41. The molecule has 0 aromatic heterocycles. The van der Waals surface area contributed by atoms with Crippen molar-refractivity contribution in [2.24, 2.45) is 0 Å². The van der Waals surface area contributed by atoms with Crippen LogP contribution in [0.4, 0.5) is 0 Å². The van der Waals surface area contributed by atoms with Crippen molar-refractivity contribution in [3.8, 4) is 0 Å². The molecular formula is C18H20Cl2N2O3S. The molecular weight excluding hydrogens is 395 g/mol. The lowest BCUT2D eigenvalue weighted by Gasteiger charge is -2.21. The zero-order chi connectivity index (χ0) is 19.5. The molecule has 2 rings (SSSR count). The molecule has 0 bridgehead atoms. The summed E-state index contributed by atoms with van der Waals surface area (Å²) in [5, 5.41) is 3.35. The minimum atomic E-state index is -3.72. The van der Waals surface area contributed by atoms with E-state index in [2.05, 4.69) is 10.0 Å². The Morgan fingerprint density at radius 2 is 1.73 bits per heavy atom. The minimum absolute atomic E-state index is 0.0407. The van der Waals surface area contributed by atoms with Crippen LogP contribution >= 0.6 is 23.2 Å². The SMILES string of the molecule is CC(C)(C)NS(=O)(=O)c1ccccc1CNC(=O)c1ccc(Cl)cc1Cl. The van der Waals surface area contributed by atoms with Gasteiger partial charge in [0, 0.05) is 17.1 Å². The zero-order valence-corrected chi connectivity index (χ0v) is 17.0. The summed E-state index contributed by atoms with van der Waals surface area (Å²) in [5.74, 6) is -0.414. The van der Waals surface area contributed by atoms with Crippen molar-refractivity contribution in [3.63, 3.8) is 0 Å². The second-order valence-electron chi connectivity index (χ2n) is 6.77. The van der Waals surface area contributed by atoms with Gasteiger partial charge in [-0.2, -0.15) is 0 Å². The number of nitrogens with one attached hydrogen (secondary N) is 2. The van der Waals surface area contributed by atoms with Crippen molar-refractivity contribution < 1.29 is 13.2 Å². The Morgan fingerprint density at radius 1 is 1.08 bits per heavy atom. The Bertz CT molecular complexity index is 922. The Labute approximate surface area is 163 Å². The molecule has 0 aliphatic heterocycles. The molecule has 0 saturated carbocycles. The average Bonchev–Trinajstić information content (AvgIpc) is 2.50. The van der Waals surface area contributed by atoms with Gasteiger partial charge >= 0.3 is 0 Å². The van der Waals surface area contributed by atoms with Gasteiger partial charge in [0.15, 0.2) is 0 Å². The van der Waals surface area contributed by atoms with Gasteiger partial charge in [-0.15, -0.1) is 0 Å². The van der Waals surface area contributed by atoms with Gasteiger partial charge < -0.3 is 5.32 Å². The zero-order valence-electron chi connectivity index (χ0n) is 14.6. The fraction of sp³-hybridized carbons (Fsp3) is 0.278. The second-order valence-corrected chi connectivity index (χ2v) is 9.26.